The normalized spacial score (nSPS) is 12.5. The largest absolute Gasteiger partial charge is 0.383 e. The first-order valence-electron chi connectivity index (χ1n) is 4.97. The monoisotopic (exact) mass is 238 g/mol. The number of halogens is 3. The lowest BCUT2D eigenvalue weighted by Crippen LogP contribution is -2.05. The minimum atomic E-state index is -1.45. The summed E-state index contributed by atoms with van der Waals surface area (Å²) >= 11 is 0. The van der Waals surface area contributed by atoms with E-state index in [1.165, 1.54) is 24.3 Å². The van der Waals surface area contributed by atoms with E-state index in [0.717, 1.165) is 12.1 Å². The van der Waals surface area contributed by atoms with Crippen LogP contribution in [0.5, 0.6) is 0 Å². The Hall–Kier alpha value is -1.81. The molecular formula is C13H9F3O. The molecule has 0 saturated heterocycles. The average Bonchev–Trinajstić information content (AvgIpc) is 2.29. The Morgan fingerprint density at radius 1 is 0.824 bits per heavy atom. The fourth-order valence-electron chi connectivity index (χ4n) is 1.59. The average molecular weight is 238 g/mol. The standard InChI is InChI=1S/C13H9F3O/c14-8-5-6-10(12(16)7-8)13(17)9-3-1-2-4-11(9)15/h1-7,13,17H. The van der Waals surface area contributed by atoms with Crippen LogP contribution in [0.2, 0.25) is 0 Å². The summed E-state index contributed by atoms with van der Waals surface area (Å²) in [7, 11) is 0. The highest BCUT2D eigenvalue weighted by Crippen LogP contribution is 2.26. The molecule has 1 nitrogen and oxygen atoms in total. The van der Waals surface area contributed by atoms with Gasteiger partial charge in [0.15, 0.2) is 0 Å². The van der Waals surface area contributed by atoms with Crippen LogP contribution in [-0.4, -0.2) is 5.11 Å². The van der Waals surface area contributed by atoms with Crippen LogP contribution in [0.15, 0.2) is 42.5 Å². The maximum absolute atomic E-state index is 13.4. The van der Waals surface area contributed by atoms with Crippen molar-refractivity contribution in [3.8, 4) is 0 Å². The Morgan fingerprint density at radius 3 is 2.12 bits per heavy atom. The van der Waals surface area contributed by atoms with Crippen LogP contribution in [0.1, 0.15) is 17.2 Å². The molecule has 2 rings (SSSR count). The summed E-state index contributed by atoms with van der Waals surface area (Å²) in [6.07, 6.45) is -1.45. The van der Waals surface area contributed by atoms with Gasteiger partial charge in [-0.3, -0.25) is 0 Å². The first-order valence-corrected chi connectivity index (χ1v) is 4.97. The lowest BCUT2D eigenvalue weighted by Gasteiger charge is -2.13. The van der Waals surface area contributed by atoms with Gasteiger partial charge in [0.25, 0.3) is 0 Å². The number of benzene rings is 2. The Labute approximate surface area is 96.1 Å². The summed E-state index contributed by atoms with van der Waals surface area (Å²) in [6.45, 7) is 0. The van der Waals surface area contributed by atoms with Crippen LogP contribution >= 0.6 is 0 Å². The smallest absolute Gasteiger partial charge is 0.132 e. The van der Waals surface area contributed by atoms with Crippen molar-refractivity contribution in [2.45, 2.75) is 6.10 Å². The van der Waals surface area contributed by atoms with Crippen LogP contribution in [0, 0.1) is 17.5 Å². The summed E-state index contributed by atoms with van der Waals surface area (Å²) in [5.41, 5.74) is -0.200. The summed E-state index contributed by atoms with van der Waals surface area (Å²) in [5.74, 6) is -2.28. The van der Waals surface area contributed by atoms with Gasteiger partial charge in [0.1, 0.15) is 23.6 Å². The van der Waals surface area contributed by atoms with Gasteiger partial charge in [0.05, 0.1) is 0 Å². The summed E-state index contributed by atoms with van der Waals surface area (Å²) in [6, 6.07) is 8.28. The highest BCUT2D eigenvalue weighted by atomic mass is 19.1. The highest BCUT2D eigenvalue weighted by Gasteiger charge is 2.18. The summed E-state index contributed by atoms with van der Waals surface area (Å²) in [5, 5.41) is 9.84. The Bertz CT molecular complexity index is 540. The fourth-order valence-corrected chi connectivity index (χ4v) is 1.59. The third-order valence-corrected chi connectivity index (χ3v) is 2.46. The van der Waals surface area contributed by atoms with Crippen molar-refractivity contribution in [2.24, 2.45) is 0 Å². The van der Waals surface area contributed by atoms with Crippen LogP contribution in [-0.2, 0) is 0 Å². The van der Waals surface area contributed by atoms with Crippen molar-refractivity contribution in [3.63, 3.8) is 0 Å². The van der Waals surface area contributed by atoms with Crippen LogP contribution in [0.4, 0.5) is 13.2 Å². The molecule has 0 aliphatic heterocycles. The molecule has 0 bridgehead atoms. The van der Waals surface area contributed by atoms with E-state index in [9.17, 15) is 18.3 Å². The molecule has 0 aromatic heterocycles. The molecule has 0 aliphatic carbocycles. The highest BCUT2D eigenvalue weighted by molar-refractivity contribution is 5.31. The Morgan fingerprint density at radius 2 is 1.47 bits per heavy atom. The first kappa shape index (κ1) is 11.7. The molecule has 0 radical (unpaired) electrons. The van der Waals surface area contributed by atoms with E-state index in [1.54, 1.807) is 0 Å². The number of rotatable bonds is 2. The molecule has 1 atom stereocenters. The second-order valence-corrected chi connectivity index (χ2v) is 3.59. The predicted molar refractivity (Wildman–Crippen MR) is 56.8 cm³/mol. The molecule has 0 fully saturated rings. The van der Waals surface area contributed by atoms with Gasteiger partial charge < -0.3 is 5.11 Å². The molecule has 2 aromatic carbocycles. The van der Waals surface area contributed by atoms with E-state index >= 15 is 0 Å². The van der Waals surface area contributed by atoms with E-state index < -0.39 is 23.6 Å². The lowest BCUT2D eigenvalue weighted by molar-refractivity contribution is 0.209. The van der Waals surface area contributed by atoms with E-state index in [-0.39, 0.29) is 11.1 Å². The quantitative estimate of drug-likeness (QED) is 0.851. The van der Waals surface area contributed by atoms with E-state index in [2.05, 4.69) is 0 Å². The Balaban J connectivity index is 2.44. The number of hydrogen-bond acceptors (Lipinski definition) is 1. The minimum absolute atomic E-state index is 0.0435. The number of aliphatic hydroxyl groups excluding tert-OH is 1. The van der Waals surface area contributed by atoms with Crippen molar-refractivity contribution in [3.05, 3.63) is 71.0 Å². The van der Waals surface area contributed by atoms with Gasteiger partial charge in [-0.2, -0.15) is 0 Å². The van der Waals surface area contributed by atoms with Gasteiger partial charge >= 0.3 is 0 Å². The van der Waals surface area contributed by atoms with E-state index in [1.807, 2.05) is 0 Å². The van der Waals surface area contributed by atoms with Crippen LogP contribution in [0.25, 0.3) is 0 Å². The predicted octanol–water partition coefficient (Wildman–Crippen LogP) is 3.19. The summed E-state index contributed by atoms with van der Waals surface area (Å²) < 4.78 is 39.5. The maximum atomic E-state index is 13.4. The fraction of sp³-hybridized carbons (Fsp3) is 0.0769. The topological polar surface area (TPSA) is 20.2 Å². The zero-order valence-electron chi connectivity index (χ0n) is 8.70. The van der Waals surface area contributed by atoms with Crippen molar-refractivity contribution in [1.29, 1.82) is 0 Å². The zero-order chi connectivity index (χ0) is 12.4. The SMILES string of the molecule is OC(c1ccccc1F)c1ccc(F)cc1F. The molecule has 1 N–H and O–H groups in total. The maximum Gasteiger partial charge on any atom is 0.132 e. The van der Waals surface area contributed by atoms with Gasteiger partial charge in [0, 0.05) is 17.2 Å². The number of aliphatic hydroxyl groups is 1. The third-order valence-electron chi connectivity index (χ3n) is 2.46. The second kappa shape index (κ2) is 4.59. The lowest BCUT2D eigenvalue weighted by atomic mass is 10.0. The van der Waals surface area contributed by atoms with Gasteiger partial charge in [-0.15, -0.1) is 0 Å². The first-order chi connectivity index (χ1) is 8.09. The summed E-state index contributed by atoms with van der Waals surface area (Å²) in [4.78, 5) is 0. The molecule has 0 saturated carbocycles. The van der Waals surface area contributed by atoms with Gasteiger partial charge in [-0.1, -0.05) is 24.3 Å². The van der Waals surface area contributed by atoms with E-state index in [0.29, 0.717) is 6.07 Å². The molecule has 2 aromatic rings. The van der Waals surface area contributed by atoms with Crippen molar-refractivity contribution >= 4 is 0 Å². The molecule has 0 amide bonds. The second-order valence-electron chi connectivity index (χ2n) is 3.59. The molecule has 88 valence electrons. The van der Waals surface area contributed by atoms with Crippen LogP contribution < -0.4 is 0 Å². The van der Waals surface area contributed by atoms with Crippen molar-refractivity contribution < 1.29 is 18.3 Å². The van der Waals surface area contributed by atoms with Crippen molar-refractivity contribution in [2.75, 3.05) is 0 Å². The molecule has 0 aliphatic rings. The molecule has 0 heterocycles. The molecule has 0 spiro atoms. The third kappa shape index (κ3) is 2.31. The minimum Gasteiger partial charge on any atom is -0.383 e. The van der Waals surface area contributed by atoms with Crippen LogP contribution in [0.3, 0.4) is 0 Å². The number of hydrogen-bond donors (Lipinski definition) is 1. The van der Waals surface area contributed by atoms with E-state index in [4.69, 9.17) is 0 Å². The zero-order valence-corrected chi connectivity index (χ0v) is 8.70. The van der Waals surface area contributed by atoms with Crippen molar-refractivity contribution in [1.82, 2.24) is 0 Å². The van der Waals surface area contributed by atoms with Gasteiger partial charge in [0.2, 0.25) is 0 Å². The molecule has 4 heteroatoms. The van der Waals surface area contributed by atoms with Gasteiger partial charge in [-0.05, 0) is 12.1 Å². The Kier molecular flexibility index (Phi) is 3.15. The molecule has 17 heavy (non-hydrogen) atoms. The van der Waals surface area contributed by atoms with Gasteiger partial charge in [-0.25, -0.2) is 13.2 Å². The molecule has 1 unspecified atom stereocenters. The molecular weight excluding hydrogens is 229 g/mol.